The number of aromatic amines is 1. The van der Waals surface area contributed by atoms with Gasteiger partial charge in [-0.05, 0) is 30.2 Å². The van der Waals surface area contributed by atoms with E-state index in [-0.39, 0.29) is 5.82 Å². The van der Waals surface area contributed by atoms with Crippen LogP contribution >= 0.6 is 0 Å². The zero-order valence-electron chi connectivity index (χ0n) is 7.59. The van der Waals surface area contributed by atoms with Crippen molar-refractivity contribution in [1.29, 1.82) is 0 Å². The van der Waals surface area contributed by atoms with Gasteiger partial charge in [-0.2, -0.15) is 0 Å². The van der Waals surface area contributed by atoms with E-state index in [4.69, 9.17) is 0 Å². The first-order valence-corrected chi connectivity index (χ1v) is 4.50. The number of aromatic nitrogens is 1. The van der Waals surface area contributed by atoms with Crippen LogP contribution in [-0.2, 0) is 11.2 Å². The third kappa shape index (κ3) is 1.53. The molecular weight excluding hydrogens is 181 g/mol. The molecule has 14 heavy (non-hydrogen) atoms. The van der Waals surface area contributed by atoms with E-state index in [9.17, 15) is 9.18 Å². The van der Waals surface area contributed by atoms with Gasteiger partial charge in [0.05, 0.1) is 0 Å². The summed E-state index contributed by atoms with van der Waals surface area (Å²) in [6.45, 7) is 0. The average molecular weight is 191 g/mol. The Labute approximate surface area is 80.7 Å². The molecule has 0 aliphatic carbocycles. The molecule has 0 aliphatic heterocycles. The van der Waals surface area contributed by atoms with Crippen molar-refractivity contribution in [1.82, 2.24) is 4.98 Å². The Morgan fingerprint density at radius 3 is 3.07 bits per heavy atom. The number of fused-ring (bicyclic) bond motifs is 1. The molecule has 1 aromatic carbocycles. The third-order valence-corrected chi connectivity index (χ3v) is 2.26. The predicted molar refractivity (Wildman–Crippen MR) is 52.6 cm³/mol. The molecular formula is C11H10FNO. The second kappa shape index (κ2) is 3.62. The summed E-state index contributed by atoms with van der Waals surface area (Å²) in [6, 6.07) is 4.61. The van der Waals surface area contributed by atoms with Gasteiger partial charge in [0.1, 0.15) is 12.1 Å². The fourth-order valence-corrected chi connectivity index (χ4v) is 1.57. The monoisotopic (exact) mass is 191 g/mol. The summed E-state index contributed by atoms with van der Waals surface area (Å²) in [7, 11) is 0. The van der Waals surface area contributed by atoms with E-state index in [0.717, 1.165) is 22.8 Å². The smallest absolute Gasteiger partial charge is 0.123 e. The number of H-pyrrole nitrogens is 1. The first kappa shape index (κ1) is 8.94. The van der Waals surface area contributed by atoms with Gasteiger partial charge in [-0.3, -0.25) is 0 Å². The van der Waals surface area contributed by atoms with Gasteiger partial charge < -0.3 is 9.78 Å². The van der Waals surface area contributed by atoms with Crippen LogP contribution in [0.3, 0.4) is 0 Å². The van der Waals surface area contributed by atoms with Gasteiger partial charge in [0.25, 0.3) is 0 Å². The topological polar surface area (TPSA) is 32.9 Å². The molecule has 0 atom stereocenters. The van der Waals surface area contributed by atoms with Crippen LogP contribution in [0.1, 0.15) is 12.0 Å². The number of nitrogens with one attached hydrogen (secondary N) is 1. The maximum absolute atomic E-state index is 12.9. The normalized spacial score (nSPS) is 10.6. The molecule has 0 amide bonds. The Morgan fingerprint density at radius 2 is 2.29 bits per heavy atom. The van der Waals surface area contributed by atoms with Gasteiger partial charge in [-0.15, -0.1) is 0 Å². The van der Waals surface area contributed by atoms with Crippen molar-refractivity contribution in [3.63, 3.8) is 0 Å². The number of hydrogen-bond donors (Lipinski definition) is 1. The molecule has 0 saturated heterocycles. The van der Waals surface area contributed by atoms with E-state index >= 15 is 0 Å². The number of carbonyl (C=O) groups excluding carboxylic acids is 1. The van der Waals surface area contributed by atoms with Crippen molar-refractivity contribution in [2.24, 2.45) is 0 Å². The lowest BCUT2D eigenvalue weighted by atomic mass is 10.1. The van der Waals surface area contributed by atoms with E-state index in [1.54, 1.807) is 6.07 Å². The highest BCUT2D eigenvalue weighted by molar-refractivity contribution is 5.83. The summed E-state index contributed by atoms with van der Waals surface area (Å²) >= 11 is 0. The molecule has 0 fully saturated rings. The molecule has 1 heterocycles. The van der Waals surface area contributed by atoms with Crippen LogP contribution in [0, 0.1) is 5.82 Å². The van der Waals surface area contributed by atoms with Crippen molar-refractivity contribution in [3.05, 3.63) is 35.8 Å². The van der Waals surface area contributed by atoms with Crippen LogP contribution in [-0.4, -0.2) is 11.3 Å². The van der Waals surface area contributed by atoms with E-state index < -0.39 is 0 Å². The van der Waals surface area contributed by atoms with Gasteiger partial charge in [-0.1, -0.05) is 0 Å². The van der Waals surface area contributed by atoms with Crippen molar-refractivity contribution in [3.8, 4) is 0 Å². The second-order valence-corrected chi connectivity index (χ2v) is 3.21. The zero-order chi connectivity index (χ0) is 9.97. The first-order valence-electron chi connectivity index (χ1n) is 4.50. The highest BCUT2D eigenvalue weighted by atomic mass is 19.1. The van der Waals surface area contributed by atoms with E-state index in [1.807, 2.05) is 6.20 Å². The molecule has 0 bridgehead atoms. The summed E-state index contributed by atoms with van der Waals surface area (Å²) in [5.74, 6) is -0.246. The maximum atomic E-state index is 12.9. The second-order valence-electron chi connectivity index (χ2n) is 3.21. The van der Waals surface area contributed by atoms with Crippen LogP contribution < -0.4 is 0 Å². The first-order chi connectivity index (χ1) is 6.81. The standard InChI is InChI=1S/C11H10FNO/c12-9-3-4-11-10(6-9)8(7-13-11)2-1-5-14/h3-7,13H,1-2H2. The number of hydrogen-bond acceptors (Lipinski definition) is 1. The molecule has 72 valence electrons. The fraction of sp³-hybridized carbons (Fsp3) is 0.182. The Kier molecular flexibility index (Phi) is 2.31. The molecule has 0 aliphatic rings. The summed E-state index contributed by atoms with van der Waals surface area (Å²) in [4.78, 5) is 13.3. The Morgan fingerprint density at radius 1 is 1.43 bits per heavy atom. The van der Waals surface area contributed by atoms with Crippen LogP contribution in [0.15, 0.2) is 24.4 Å². The molecule has 2 rings (SSSR count). The molecule has 0 spiro atoms. The lowest BCUT2D eigenvalue weighted by Gasteiger charge is -1.94. The van der Waals surface area contributed by atoms with Crippen molar-refractivity contribution >= 4 is 17.2 Å². The number of carbonyl (C=O) groups is 1. The lowest BCUT2D eigenvalue weighted by molar-refractivity contribution is -0.107. The Bertz CT molecular complexity index is 461. The van der Waals surface area contributed by atoms with E-state index in [1.165, 1.54) is 12.1 Å². The lowest BCUT2D eigenvalue weighted by Crippen LogP contribution is -1.84. The average Bonchev–Trinajstić information content (AvgIpc) is 2.57. The number of aryl methyl sites for hydroxylation is 1. The molecule has 2 aromatic rings. The summed E-state index contributed by atoms with van der Waals surface area (Å²) in [5.41, 5.74) is 1.90. The zero-order valence-corrected chi connectivity index (χ0v) is 7.59. The molecule has 2 nitrogen and oxygen atoms in total. The van der Waals surface area contributed by atoms with Crippen LogP contribution in [0.5, 0.6) is 0 Å². The third-order valence-electron chi connectivity index (χ3n) is 2.26. The van der Waals surface area contributed by atoms with Crippen molar-refractivity contribution in [2.45, 2.75) is 12.8 Å². The molecule has 3 heteroatoms. The van der Waals surface area contributed by atoms with E-state index in [0.29, 0.717) is 12.8 Å². The largest absolute Gasteiger partial charge is 0.361 e. The van der Waals surface area contributed by atoms with Gasteiger partial charge in [0.2, 0.25) is 0 Å². The minimum atomic E-state index is -0.246. The van der Waals surface area contributed by atoms with Gasteiger partial charge in [-0.25, -0.2) is 4.39 Å². The quantitative estimate of drug-likeness (QED) is 0.742. The van der Waals surface area contributed by atoms with Gasteiger partial charge >= 0.3 is 0 Å². The number of rotatable bonds is 3. The van der Waals surface area contributed by atoms with Gasteiger partial charge in [0, 0.05) is 23.5 Å². The molecule has 1 aromatic heterocycles. The van der Waals surface area contributed by atoms with Crippen molar-refractivity contribution in [2.75, 3.05) is 0 Å². The van der Waals surface area contributed by atoms with Crippen LogP contribution in [0.25, 0.3) is 10.9 Å². The van der Waals surface area contributed by atoms with Crippen LogP contribution in [0.4, 0.5) is 4.39 Å². The van der Waals surface area contributed by atoms with Crippen molar-refractivity contribution < 1.29 is 9.18 Å². The summed E-state index contributed by atoms with van der Waals surface area (Å²) < 4.78 is 12.9. The maximum Gasteiger partial charge on any atom is 0.123 e. The number of benzene rings is 1. The molecule has 0 unspecified atom stereocenters. The molecule has 0 radical (unpaired) electrons. The SMILES string of the molecule is O=CCCc1c[nH]c2ccc(F)cc12. The highest BCUT2D eigenvalue weighted by Gasteiger charge is 2.03. The molecule has 1 N–H and O–H groups in total. The summed E-state index contributed by atoms with van der Waals surface area (Å²) in [6.07, 6.45) is 3.84. The molecule has 0 saturated carbocycles. The summed E-state index contributed by atoms with van der Waals surface area (Å²) in [5, 5.41) is 0.867. The van der Waals surface area contributed by atoms with Gasteiger partial charge in [0.15, 0.2) is 0 Å². The number of halogens is 1. The van der Waals surface area contributed by atoms with Crippen LogP contribution in [0.2, 0.25) is 0 Å². The fourth-order valence-electron chi connectivity index (χ4n) is 1.57. The minimum absolute atomic E-state index is 0.246. The van der Waals surface area contributed by atoms with E-state index in [2.05, 4.69) is 4.98 Å². The Balaban J connectivity index is 2.44. The number of aldehydes is 1. The predicted octanol–water partition coefficient (Wildman–Crippen LogP) is 2.44. The minimum Gasteiger partial charge on any atom is -0.361 e. The Hall–Kier alpha value is -1.64. The highest BCUT2D eigenvalue weighted by Crippen LogP contribution is 2.20.